The monoisotopic (exact) mass is 348 g/mol. The van der Waals surface area contributed by atoms with Gasteiger partial charge in [-0.2, -0.15) is 5.10 Å². The van der Waals surface area contributed by atoms with Crippen molar-refractivity contribution >= 4 is 34.2 Å². The molecular weight excluding hydrogens is 332 g/mol. The van der Waals surface area contributed by atoms with Crippen molar-refractivity contribution in [2.24, 2.45) is 12.1 Å². The number of aromatic nitrogens is 2. The molecule has 2 heterocycles. The third kappa shape index (κ3) is 2.59. The average Bonchev–Trinajstić information content (AvgIpc) is 2.93. The molecule has 0 saturated heterocycles. The van der Waals surface area contributed by atoms with Gasteiger partial charge in [0.15, 0.2) is 5.58 Å². The number of aryl methyl sites for hydroxylation is 2. The first-order chi connectivity index (χ1) is 12.5. The second-order valence-corrected chi connectivity index (χ2v) is 5.98. The Morgan fingerprint density at radius 2 is 2.08 bits per heavy atom. The number of imidazole rings is 1. The van der Waals surface area contributed by atoms with Gasteiger partial charge in [0.1, 0.15) is 5.75 Å². The molecule has 0 aliphatic carbocycles. The van der Waals surface area contributed by atoms with E-state index in [1.54, 1.807) is 12.1 Å². The van der Waals surface area contributed by atoms with E-state index >= 15 is 0 Å². The largest absolute Gasteiger partial charge is 0.507 e. The Balaban J connectivity index is 1.73. The Morgan fingerprint density at radius 1 is 1.27 bits per heavy atom. The van der Waals surface area contributed by atoms with Crippen molar-refractivity contribution in [2.45, 2.75) is 6.92 Å². The van der Waals surface area contributed by atoms with Gasteiger partial charge >= 0.3 is 5.63 Å². The predicted octanol–water partition coefficient (Wildman–Crippen LogP) is 3.14. The van der Waals surface area contributed by atoms with Gasteiger partial charge in [-0.1, -0.05) is 12.1 Å². The van der Waals surface area contributed by atoms with Crippen molar-refractivity contribution in [2.75, 3.05) is 5.43 Å². The SMILES string of the molecule is Cc1cc(=O)oc2c(C=NNc3nc4ccccc4n3C)c(O)ccc12. The van der Waals surface area contributed by atoms with Crippen LogP contribution >= 0.6 is 0 Å². The summed E-state index contributed by atoms with van der Waals surface area (Å²) in [5.74, 6) is 0.529. The number of benzene rings is 2. The maximum Gasteiger partial charge on any atom is 0.336 e. The van der Waals surface area contributed by atoms with Crippen LogP contribution in [-0.2, 0) is 7.05 Å². The summed E-state index contributed by atoms with van der Waals surface area (Å²) < 4.78 is 7.15. The first-order valence-corrected chi connectivity index (χ1v) is 8.01. The van der Waals surface area contributed by atoms with Crippen LogP contribution in [0.2, 0.25) is 0 Å². The molecule has 0 aliphatic rings. The summed E-state index contributed by atoms with van der Waals surface area (Å²) in [5.41, 5.74) is 5.61. The molecule has 0 spiro atoms. The van der Waals surface area contributed by atoms with Crippen LogP contribution in [0.1, 0.15) is 11.1 Å². The van der Waals surface area contributed by atoms with Crippen molar-refractivity contribution in [3.63, 3.8) is 0 Å². The molecule has 7 nitrogen and oxygen atoms in total. The van der Waals surface area contributed by atoms with E-state index in [4.69, 9.17) is 4.42 Å². The summed E-state index contributed by atoms with van der Waals surface area (Å²) in [7, 11) is 1.88. The zero-order valence-electron chi connectivity index (χ0n) is 14.2. The molecule has 4 aromatic rings. The lowest BCUT2D eigenvalue weighted by Gasteiger charge is -2.05. The van der Waals surface area contributed by atoms with Crippen LogP contribution in [0.4, 0.5) is 5.95 Å². The van der Waals surface area contributed by atoms with E-state index in [1.165, 1.54) is 12.3 Å². The van der Waals surface area contributed by atoms with E-state index in [2.05, 4.69) is 15.5 Å². The van der Waals surface area contributed by atoms with Gasteiger partial charge in [0.05, 0.1) is 22.8 Å². The Kier molecular flexibility index (Phi) is 3.69. The molecule has 0 fully saturated rings. The zero-order valence-corrected chi connectivity index (χ0v) is 14.2. The molecule has 0 bridgehead atoms. The topological polar surface area (TPSA) is 92.7 Å². The van der Waals surface area contributed by atoms with Gasteiger partial charge in [-0.15, -0.1) is 0 Å². The minimum atomic E-state index is -0.474. The standard InChI is InChI=1S/C19H16N4O3/c1-11-9-17(25)26-18-12(11)7-8-16(24)13(18)10-20-22-19-21-14-5-3-4-6-15(14)23(19)2/h3-10,24H,1-2H3,(H,21,22). The van der Waals surface area contributed by atoms with Gasteiger partial charge in [-0.25, -0.2) is 15.2 Å². The minimum absolute atomic E-state index is 0.0261. The highest BCUT2D eigenvalue weighted by Crippen LogP contribution is 2.26. The van der Waals surface area contributed by atoms with Crippen LogP contribution < -0.4 is 11.1 Å². The Labute approximate surface area is 148 Å². The second-order valence-electron chi connectivity index (χ2n) is 5.98. The van der Waals surface area contributed by atoms with E-state index in [1.807, 2.05) is 42.8 Å². The first kappa shape index (κ1) is 15.9. The lowest BCUT2D eigenvalue weighted by molar-refractivity contribution is 0.472. The molecule has 0 unspecified atom stereocenters. The molecule has 0 amide bonds. The Morgan fingerprint density at radius 3 is 2.88 bits per heavy atom. The fourth-order valence-corrected chi connectivity index (χ4v) is 2.92. The van der Waals surface area contributed by atoms with Crippen LogP contribution in [0.5, 0.6) is 5.75 Å². The molecule has 0 saturated carbocycles. The number of nitrogens with zero attached hydrogens (tertiary/aromatic N) is 3. The van der Waals surface area contributed by atoms with Crippen LogP contribution in [0.15, 0.2) is 56.8 Å². The number of phenols is 1. The second kappa shape index (κ2) is 6.03. The normalized spacial score (nSPS) is 11.6. The molecule has 0 atom stereocenters. The van der Waals surface area contributed by atoms with Gasteiger partial charge in [0, 0.05) is 18.5 Å². The maximum absolute atomic E-state index is 11.7. The molecule has 2 N–H and O–H groups in total. The van der Waals surface area contributed by atoms with E-state index in [0.717, 1.165) is 22.0 Å². The van der Waals surface area contributed by atoms with E-state index in [0.29, 0.717) is 17.1 Å². The van der Waals surface area contributed by atoms with Crippen molar-refractivity contribution in [3.8, 4) is 5.75 Å². The molecule has 130 valence electrons. The fraction of sp³-hybridized carbons (Fsp3) is 0.105. The highest BCUT2D eigenvalue weighted by atomic mass is 16.4. The summed E-state index contributed by atoms with van der Waals surface area (Å²) in [6.45, 7) is 1.81. The number of rotatable bonds is 3. The van der Waals surface area contributed by atoms with Crippen molar-refractivity contribution in [1.29, 1.82) is 0 Å². The van der Waals surface area contributed by atoms with Gasteiger partial charge in [0.2, 0.25) is 5.95 Å². The highest BCUT2D eigenvalue weighted by Gasteiger charge is 2.11. The summed E-state index contributed by atoms with van der Waals surface area (Å²) in [4.78, 5) is 16.1. The smallest absolute Gasteiger partial charge is 0.336 e. The molecule has 0 aliphatic heterocycles. The van der Waals surface area contributed by atoms with Gasteiger partial charge in [-0.3, -0.25) is 0 Å². The average molecular weight is 348 g/mol. The number of fused-ring (bicyclic) bond motifs is 2. The number of hydrogen-bond acceptors (Lipinski definition) is 6. The maximum atomic E-state index is 11.7. The number of phenolic OH excluding ortho intramolecular Hbond substituents is 1. The molecule has 2 aromatic carbocycles. The third-order valence-electron chi connectivity index (χ3n) is 4.28. The van der Waals surface area contributed by atoms with Crippen molar-refractivity contribution < 1.29 is 9.52 Å². The molecule has 26 heavy (non-hydrogen) atoms. The van der Waals surface area contributed by atoms with Crippen LogP contribution in [0.3, 0.4) is 0 Å². The van der Waals surface area contributed by atoms with E-state index in [-0.39, 0.29) is 5.75 Å². The van der Waals surface area contributed by atoms with Gasteiger partial charge in [0.25, 0.3) is 0 Å². The number of hydrazone groups is 1. The number of aromatic hydroxyl groups is 1. The number of anilines is 1. The molecule has 4 rings (SSSR count). The highest BCUT2D eigenvalue weighted by molar-refractivity contribution is 6.00. The fourth-order valence-electron chi connectivity index (χ4n) is 2.92. The lowest BCUT2D eigenvalue weighted by atomic mass is 10.1. The Bertz CT molecular complexity index is 1220. The zero-order chi connectivity index (χ0) is 18.3. The molecule has 2 aromatic heterocycles. The molecular formula is C19H16N4O3. The predicted molar refractivity (Wildman–Crippen MR) is 101 cm³/mol. The number of nitrogens with one attached hydrogen (secondary N) is 1. The lowest BCUT2D eigenvalue weighted by Crippen LogP contribution is -2.01. The summed E-state index contributed by atoms with van der Waals surface area (Å²) in [6, 6.07) is 12.4. The minimum Gasteiger partial charge on any atom is -0.507 e. The number of hydrogen-bond donors (Lipinski definition) is 2. The van der Waals surface area contributed by atoms with Gasteiger partial charge < -0.3 is 14.1 Å². The number of para-hydroxylation sites is 2. The third-order valence-corrected chi connectivity index (χ3v) is 4.28. The summed E-state index contributed by atoms with van der Waals surface area (Å²) in [6.07, 6.45) is 1.42. The van der Waals surface area contributed by atoms with E-state index in [9.17, 15) is 9.90 Å². The first-order valence-electron chi connectivity index (χ1n) is 8.01. The van der Waals surface area contributed by atoms with Crippen LogP contribution in [0, 0.1) is 6.92 Å². The molecule has 0 radical (unpaired) electrons. The van der Waals surface area contributed by atoms with E-state index < -0.39 is 5.63 Å². The van der Waals surface area contributed by atoms with Crippen molar-refractivity contribution in [1.82, 2.24) is 9.55 Å². The quantitative estimate of drug-likeness (QED) is 0.337. The Hall–Kier alpha value is -3.61. The van der Waals surface area contributed by atoms with Gasteiger partial charge in [-0.05, 0) is 36.8 Å². The summed E-state index contributed by atoms with van der Waals surface area (Å²) in [5, 5.41) is 15.1. The molecule has 7 heteroatoms. The van der Waals surface area contributed by atoms with Crippen LogP contribution in [0.25, 0.3) is 22.0 Å². The van der Waals surface area contributed by atoms with Crippen LogP contribution in [-0.4, -0.2) is 20.9 Å². The summed E-state index contributed by atoms with van der Waals surface area (Å²) >= 11 is 0. The van der Waals surface area contributed by atoms with Crippen molar-refractivity contribution in [3.05, 3.63) is 64.0 Å².